The summed E-state index contributed by atoms with van der Waals surface area (Å²) in [6, 6.07) is 8.21. The summed E-state index contributed by atoms with van der Waals surface area (Å²) in [5.74, 6) is 0.869. The van der Waals surface area contributed by atoms with Gasteiger partial charge in [0.05, 0.1) is 0 Å². The van der Waals surface area contributed by atoms with E-state index in [2.05, 4.69) is 32.9 Å². The van der Waals surface area contributed by atoms with Crippen LogP contribution in [0.15, 0.2) is 24.3 Å². The summed E-state index contributed by atoms with van der Waals surface area (Å²) in [6.45, 7) is 12.9. The van der Waals surface area contributed by atoms with Crippen LogP contribution in [0, 0.1) is 5.41 Å². The molecule has 1 fully saturated rings. The van der Waals surface area contributed by atoms with Crippen molar-refractivity contribution in [1.29, 1.82) is 0 Å². The largest absolute Gasteiger partial charge is 0.343 e. The number of amides is 1. The number of rotatable bonds is 7. The molecule has 1 atom stereocenters. The van der Waals surface area contributed by atoms with E-state index in [0.717, 1.165) is 50.2 Å². The molecule has 1 saturated heterocycles. The summed E-state index contributed by atoms with van der Waals surface area (Å²) in [5.41, 5.74) is 1.65. The Labute approximate surface area is 153 Å². The molecule has 1 aromatic rings. The van der Waals surface area contributed by atoms with Crippen molar-refractivity contribution in [3.63, 3.8) is 0 Å². The number of benzene rings is 1. The second kappa shape index (κ2) is 10.1. The maximum Gasteiger partial charge on any atom is 0.222 e. The molecule has 1 amide bonds. The van der Waals surface area contributed by atoms with Crippen molar-refractivity contribution in [3.8, 4) is 0 Å². The quantitative estimate of drug-likeness (QED) is 0.565. The Morgan fingerprint density at radius 3 is 2.38 bits per heavy atom. The molecule has 0 radical (unpaired) electrons. The SMILES string of the molecule is CC.CC(CC(C)(C)CCCN1CCCC1=O)c1ccc(Cl)cc1. The molecule has 0 bridgehead atoms. The van der Waals surface area contributed by atoms with Crippen LogP contribution in [-0.2, 0) is 4.79 Å². The molecule has 1 unspecified atom stereocenters. The molecule has 1 aliphatic heterocycles. The smallest absolute Gasteiger partial charge is 0.222 e. The van der Waals surface area contributed by atoms with E-state index in [0.29, 0.717) is 17.2 Å². The van der Waals surface area contributed by atoms with Gasteiger partial charge in [-0.25, -0.2) is 0 Å². The van der Waals surface area contributed by atoms with Gasteiger partial charge in [-0.15, -0.1) is 0 Å². The number of carbonyl (C=O) groups is 1. The van der Waals surface area contributed by atoms with Crippen molar-refractivity contribution in [3.05, 3.63) is 34.9 Å². The van der Waals surface area contributed by atoms with Gasteiger partial charge in [0.15, 0.2) is 0 Å². The van der Waals surface area contributed by atoms with Gasteiger partial charge in [-0.2, -0.15) is 0 Å². The van der Waals surface area contributed by atoms with Gasteiger partial charge >= 0.3 is 0 Å². The fraction of sp³-hybridized carbons (Fsp3) is 0.667. The minimum absolute atomic E-state index is 0.293. The van der Waals surface area contributed by atoms with Crippen LogP contribution >= 0.6 is 11.6 Å². The fourth-order valence-electron chi connectivity index (χ4n) is 3.53. The first-order valence-electron chi connectivity index (χ1n) is 9.41. The summed E-state index contributed by atoms with van der Waals surface area (Å²) >= 11 is 5.96. The molecule has 0 aliphatic carbocycles. The minimum atomic E-state index is 0.293. The summed E-state index contributed by atoms with van der Waals surface area (Å²) in [6.07, 6.45) is 5.20. The van der Waals surface area contributed by atoms with E-state index in [-0.39, 0.29) is 0 Å². The van der Waals surface area contributed by atoms with Crippen molar-refractivity contribution < 1.29 is 4.79 Å². The zero-order valence-electron chi connectivity index (χ0n) is 16.1. The third-order valence-corrected chi connectivity index (χ3v) is 5.00. The lowest BCUT2D eigenvalue weighted by molar-refractivity contribution is -0.127. The predicted molar refractivity (Wildman–Crippen MR) is 105 cm³/mol. The zero-order chi connectivity index (χ0) is 18.2. The summed E-state index contributed by atoms with van der Waals surface area (Å²) in [7, 11) is 0. The van der Waals surface area contributed by atoms with E-state index < -0.39 is 0 Å². The van der Waals surface area contributed by atoms with Crippen LogP contribution in [0.25, 0.3) is 0 Å². The molecule has 24 heavy (non-hydrogen) atoms. The number of carbonyl (C=O) groups excluding carboxylic acids is 1. The van der Waals surface area contributed by atoms with E-state index >= 15 is 0 Å². The molecular weight excluding hydrogens is 318 g/mol. The van der Waals surface area contributed by atoms with Crippen LogP contribution in [0.1, 0.15) is 78.2 Å². The van der Waals surface area contributed by atoms with Gasteiger partial charge in [0.2, 0.25) is 5.91 Å². The second-order valence-corrected chi connectivity index (χ2v) is 7.85. The lowest BCUT2D eigenvalue weighted by atomic mass is 9.77. The highest BCUT2D eigenvalue weighted by atomic mass is 35.5. The Kier molecular flexibility index (Phi) is 8.83. The molecule has 0 aromatic heterocycles. The predicted octanol–water partition coefficient (Wildman–Crippen LogP) is 6.29. The first-order valence-corrected chi connectivity index (χ1v) is 9.78. The molecule has 1 heterocycles. The second-order valence-electron chi connectivity index (χ2n) is 7.41. The number of likely N-dealkylation sites (tertiary alicyclic amines) is 1. The highest BCUT2D eigenvalue weighted by Gasteiger charge is 2.24. The lowest BCUT2D eigenvalue weighted by Gasteiger charge is -2.29. The van der Waals surface area contributed by atoms with Crippen molar-refractivity contribution in [2.75, 3.05) is 13.1 Å². The average Bonchev–Trinajstić information content (AvgIpc) is 2.94. The van der Waals surface area contributed by atoms with Crippen LogP contribution in [0.4, 0.5) is 0 Å². The van der Waals surface area contributed by atoms with Crippen LogP contribution < -0.4 is 0 Å². The highest BCUT2D eigenvalue weighted by Crippen LogP contribution is 2.35. The van der Waals surface area contributed by atoms with Gasteiger partial charge < -0.3 is 4.90 Å². The number of hydrogen-bond acceptors (Lipinski definition) is 1. The van der Waals surface area contributed by atoms with Crippen molar-refractivity contribution >= 4 is 17.5 Å². The van der Waals surface area contributed by atoms with Crippen molar-refractivity contribution in [2.45, 2.75) is 72.6 Å². The van der Waals surface area contributed by atoms with Gasteiger partial charge in [-0.05, 0) is 54.7 Å². The first-order chi connectivity index (χ1) is 11.4. The van der Waals surface area contributed by atoms with Gasteiger partial charge in [0, 0.05) is 24.5 Å². The molecule has 0 N–H and O–H groups in total. The van der Waals surface area contributed by atoms with E-state index in [4.69, 9.17) is 11.6 Å². The number of halogens is 1. The molecule has 2 rings (SSSR count). The normalized spacial score (nSPS) is 15.9. The van der Waals surface area contributed by atoms with Crippen molar-refractivity contribution in [1.82, 2.24) is 4.90 Å². The fourth-order valence-corrected chi connectivity index (χ4v) is 3.66. The van der Waals surface area contributed by atoms with Gasteiger partial charge in [0.25, 0.3) is 0 Å². The molecule has 0 saturated carbocycles. The summed E-state index contributed by atoms with van der Waals surface area (Å²) < 4.78 is 0. The lowest BCUT2D eigenvalue weighted by Crippen LogP contribution is -2.27. The minimum Gasteiger partial charge on any atom is -0.343 e. The Morgan fingerprint density at radius 2 is 1.83 bits per heavy atom. The molecule has 2 nitrogen and oxygen atoms in total. The van der Waals surface area contributed by atoms with Gasteiger partial charge in [-0.1, -0.05) is 58.4 Å². The Morgan fingerprint density at radius 1 is 1.21 bits per heavy atom. The van der Waals surface area contributed by atoms with Crippen LogP contribution in [0.3, 0.4) is 0 Å². The molecule has 1 aliphatic rings. The third-order valence-electron chi connectivity index (χ3n) is 4.75. The monoisotopic (exact) mass is 351 g/mol. The average molecular weight is 352 g/mol. The van der Waals surface area contributed by atoms with Crippen molar-refractivity contribution in [2.24, 2.45) is 5.41 Å². The number of nitrogens with zero attached hydrogens (tertiary/aromatic N) is 1. The summed E-state index contributed by atoms with van der Waals surface area (Å²) in [4.78, 5) is 13.7. The maximum absolute atomic E-state index is 11.6. The molecular formula is C21H34ClNO. The zero-order valence-corrected chi connectivity index (χ0v) is 16.8. The van der Waals surface area contributed by atoms with E-state index in [1.807, 2.05) is 30.9 Å². The Hall–Kier alpha value is -1.02. The van der Waals surface area contributed by atoms with E-state index in [1.54, 1.807) is 0 Å². The van der Waals surface area contributed by atoms with E-state index in [9.17, 15) is 4.79 Å². The third kappa shape index (κ3) is 6.84. The standard InChI is InChI=1S/C19H28ClNO.C2H6/c1-15(16-7-9-17(20)10-8-16)14-19(2,3)11-5-13-21-12-4-6-18(21)22;1-2/h7-10,15H,4-6,11-14H2,1-3H3;1-2H3. The number of hydrogen-bond donors (Lipinski definition) is 0. The van der Waals surface area contributed by atoms with Crippen LogP contribution in [0.2, 0.25) is 5.02 Å². The van der Waals surface area contributed by atoms with Gasteiger partial charge in [-0.3, -0.25) is 4.79 Å². The van der Waals surface area contributed by atoms with E-state index in [1.165, 1.54) is 5.56 Å². The van der Waals surface area contributed by atoms with Gasteiger partial charge in [0.1, 0.15) is 0 Å². The summed E-state index contributed by atoms with van der Waals surface area (Å²) in [5, 5.41) is 0.797. The van der Waals surface area contributed by atoms with Crippen LogP contribution in [-0.4, -0.2) is 23.9 Å². The maximum atomic E-state index is 11.6. The molecule has 1 aromatic carbocycles. The molecule has 3 heteroatoms. The Balaban J connectivity index is 0.00000139. The molecule has 136 valence electrons. The topological polar surface area (TPSA) is 20.3 Å². The first kappa shape index (κ1) is 21.0. The van der Waals surface area contributed by atoms with Crippen LogP contribution in [0.5, 0.6) is 0 Å². The molecule has 0 spiro atoms. The Bertz CT molecular complexity index is 495. The highest BCUT2D eigenvalue weighted by molar-refractivity contribution is 6.30.